The molecule has 0 saturated carbocycles. The second-order valence-corrected chi connectivity index (χ2v) is 7.77. The van der Waals surface area contributed by atoms with Crippen molar-refractivity contribution in [2.45, 2.75) is 51.5 Å². The van der Waals surface area contributed by atoms with Crippen LogP contribution in [0.4, 0.5) is 0 Å². The van der Waals surface area contributed by atoms with E-state index in [1.165, 1.54) is 0 Å². The van der Waals surface area contributed by atoms with Gasteiger partial charge in [0.15, 0.2) is 6.29 Å². The molecule has 0 aliphatic carbocycles. The molecule has 2 heterocycles. The molecule has 1 fully saturated rings. The first-order valence-corrected chi connectivity index (χ1v) is 9.07. The molecule has 1 aromatic heterocycles. The lowest BCUT2D eigenvalue weighted by atomic mass is 9.96. The standard InChI is InChI=1S/C14H22N2O3S/c1-3-13(4-2)16-9-12(10-17)14(15-16)11-5-7-20(18,19)8-6-11/h9-11,13H,3-8H2,1-2H3. The lowest BCUT2D eigenvalue weighted by Gasteiger charge is -2.20. The van der Waals surface area contributed by atoms with Crippen LogP contribution in [0, 0.1) is 0 Å². The number of carbonyl (C=O) groups excluding carboxylic acids is 1. The van der Waals surface area contributed by atoms with Crippen LogP contribution in [-0.4, -0.2) is 36.0 Å². The number of hydrogen-bond donors (Lipinski definition) is 0. The maximum absolute atomic E-state index is 11.5. The molecule has 1 aliphatic rings. The van der Waals surface area contributed by atoms with Crippen molar-refractivity contribution in [3.63, 3.8) is 0 Å². The average Bonchev–Trinajstić information content (AvgIpc) is 2.84. The minimum atomic E-state index is -2.89. The molecule has 5 nitrogen and oxygen atoms in total. The highest BCUT2D eigenvalue weighted by atomic mass is 32.2. The summed E-state index contributed by atoms with van der Waals surface area (Å²) in [5, 5.41) is 4.59. The molecule has 0 bridgehead atoms. The maximum atomic E-state index is 11.5. The zero-order valence-electron chi connectivity index (χ0n) is 12.1. The van der Waals surface area contributed by atoms with Crippen LogP contribution in [0.25, 0.3) is 0 Å². The van der Waals surface area contributed by atoms with Gasteiger partial charge in [0.05, 0.1) is 28.8 Å². The SMILES string of the molecule is CCC(CC)n1cc(C=O)c(C2CCS(=O)(=O)CC2)n1. The minimum Gasteiger partial charge on any atom is -0.298 e. The molecule has 112 valence electrons. The van der Waals surface area contributed by atoms with Gasteiger partial charge in [0.1, 0.15) is 9.84 Å². The third-order valence-corrected chi connectivity index (χ3v) is 5.89. The van der Waals surface area contributed by atoms with Crippen molar-refractivity contribution < 1.29 is 13.2 Å². The van der Waals surface area contributed by atoms with Crippen LogP contribution in [0.1, 0.15) is 67.5 Å². The van der Waals surface area contributed by atoms with Crippen molar-refractivity contribution in [3.8, 4) is 0 Å². The highest BCUT2D eigenvalue weighted by Crippen LogP contribution is 2.31. The van der Waals surface area contributed by atoms with Crippen LogP contribution in [0.2, 0.25) is 0 Å². The van der Waals surface area contributed by atoms with Crippen molar-refractivity contribution >= 4 is 16.1 Å². The Kier molecular flexibility index (Phi) is 4.62. The van der Waals surface area contributed by atoms with Gasteiger partial charge in [0, 0.05) is 12.1 Å². The van der Waals surface area contributed by atoms with Gasteiger partial charge in [-0.05, 0) is 25.7 Å². The summed E-state index contributed by atoms with van der Waals surface area (Å²) in [5.74, 6) is 0.496. The quantitative estimate of drug-likeness (QED) is 0.782. The van der Waals surface area contributed by atoms with Crippen molar-refractivity contribution in [2.75, 3.05) is 11.5 Å². The Morgan fingerprint density at radius 1 is 1.35 bits per heavy atom. The first-order valence-electron chi connectivity index (χ1n) is 7.25. The normalized spacial score (nSPS) is 19.4. The summed E-state index contributed by atoms with van der Waals surface area (Å²) >= 11 is 0. The second kappa shape index (κ2) is 6.08. The smallest absolute Gasteiger partial charge is 0.153 e. The summed E-state index contributed by atoms with van der Waals surface area (Å²) in [6.07, 6.45) is 5.73. The van der Waals surface area contributed by atoms with Crippen molar-refractivity contribution in [1.82, 2.24) is 9.78 Å². The van der Waals surface area contributed by atoms with Crippen LogP contribution < -0.4 is 0 Å². The molecule has 0 radical (unpaired) electrons. The Balaban J connectivity index is 2.25. The van der Waals surface area contributed by atoms with Gasteiger partial charge in [-0.25, -0.2) is 8.42 Å². The van der Waals surface area contributed by atoms with E-state index < -0.39 is 9.84 Å². The largest absolute Gasteiger partial charge is 0.298 e. The molecule has 0 amide bonds. The van der Waals surface area contributed by atoms with Crippen LogP contribution in [0.5, 0.6) is 0 Å². The second-order valence-electron chi connectivity index (χ2n) is 5.46. The number of sulfone groups is 1. The summed E-state index contributed by atoms with van der Waals surface area (Å²) in [6.45, 7) is 4.20. The molecule has 0 atom stereocenters. The third kappa shape index (κ3) is 3.11. The molecular weight excluding hydrogens is 276 g/mol. The molecule has 0 aromatic carbocycles. The number of nitrogens with zero attached hydrogens (tertiary/aromatic N) is 2. The first-order chi connectivity index (χ1) is 9.50. The van der Waals surface area contributed by atoms with E-state index in [4.69, 9.17) is 0 Å². The Labute approximate surface area is 120 Å². The topological polar surface area (TPSA) is 69.0 Å². The van der Waals surface area contributed by atoms with Crippen molar-refractivity contribution in [2.24, 2.45) is 0 Å². The summed E-state index contributed by atoms with van der Waals surface area (Å²) < 4.78 is 24.9. The van der Waals surface area contributed by atoms with Crippen LogP contribution in [0.3, 0.4) is 0 Å². The fraction of sp³-hybridized carbons (Fsp3) is 0.714. The summed E-state index contributed by atoms with van der Waals surface area (Å²) in [4.78, 5) is 11.2. The Morgan fingerprint density at radius 2 is 1.95 bits per heavy atom. The van der Waals surface area contributed by atoms with E-state index in [-0.39, 0.29) is 17.4 Å². The van der Waals surface area contributed by atoms with Gasteiger partial charge >= 0.3 is 0 Å². The van der Waals surface area contributed by atoms with E-state index in [1.54, 1.807) is 0 Å². The third-order valence-electron chi connectivity index (χ3n) is 4.18. The fourth-order valence-electron chi connectivity index (χ4n) is 2.84. The Hall–Kier alpha value is -1.17. The van der Waals surface area contributed by atoms with Gasteiger partial charge in [-0.1, -0.05) is 13.8 Å². The van der Waals surface area contributed by atoms with E-state index in [2.05, 4.69) is 18.9 Å². The van der Waals surface area contributed by atoms with E-state index in [0.29, 0.717) is 24.4 Å². The molecule has 6 heteroatoms. The predicted octanol–water partition coefficient (Wildman–Crippen LogP) is 2.35. The summed E-state index contributed by atoms with van der Waals surface area (Å²) in [6, 6.07) is 0.301. The van der Waals surface area contributed by atoms with Gasteiger partial charge in [0.2, 0.25) is 0 Å². The number of aromatic nitrogens is 2. The van der Waals surface area contributed by atoms with Gasteiger partial charge in [0.25, 0.3) is 0 Å². The van der Waals surface area contributed by atoms with Crippen molar-refractivity contribution in [1.29, 1.82) is 0 Å². The molecule has 0 N–H and O–H groups in total. The molecule has 1 saturated heterocycles. The molecule has 2 rings (SSSR count). The number of carbonyl (C=O) groups is 1. The maximum Gasteiger partial charge on any atom is 0.153 e. The van der Waals surface area contributed by atoms with Gasteiger partial charge < -0.3 is 0 Å². The van der Waals surface area contributed by atoms with Crippen LogP contribution >= 0.6 is 0 Å². The minimum absolute atomic E-state index is 0.0920. The Bertz CT molecular complexity index is 559. The lowest BCUT2D eigenvalue weighted by molar-refractivity contribution is 0.112. The molecule has 0 unspecified atom stereocenters. The van der Waals surface area contributed by atoms with E-state index in [1.807, 2.05) is 10.9 Å². The summed E-state index contributed by atoms with van der Waals surface area (Å²) in [5.41, 5.74) is 1.39. The van der Waals surface area contributed by atoms with E-state index in [0.717, 1.165) is 24.8 Å². The monoisotopic (exact) mass is 298 g/mol. The molecule has 1 aromatic rings. The predicted molar refractivity (Wildman–Crippen MR) is 77.9 cm³/mol. The van der Waals surface area contributed by atoms with E-state index >= 15 is 0 Å². The van der Waals surface area contributed by atoms with Crippen molar-refractivity contribution in [3.05, 3.63) is 17.5 Å². The highest BCUT2D eigenvalue weighted by Gasteiger charge is 2.28. The average molecular weight is 298 g/mol. The number of aldehydes is 1. The number of hydrogen-bond acceptors (Lipinski definition) is 4. The molecular formula is C14H22N2O3S. The molecule has 20 heavy (non-hydrogen) atoms. The highest BCUT2D eigenvalue weighted by molar-refractivity contribution is 7.91. The number of rotatable bonds is 5. The van der Waals surface area contributed by atoms with Gasteiger partial charge in [-0.3, -0.25) is 9.48 Å². The van der Waals surface area contributed by atoms with Crippen LogP contribution in [-0.2, 0) is 9.84 Å². The molecule has 0 spiro atoms. The summed E-state index contributed by atoms with van der Waals surface area (Å²) in [7, 11) is -2.89. The van der Waals surface area contributed by atoms with Crippen LogP contribution in [0.15, 0.2) is 6.20 Å². The van der Waals surface area contributed by atoms with Gasteiger partial charge in [-0.15, -0.1) is 0 Å². The first kappa shape index (κ1) is 15.2. The van der Waals surface area contributed by atoms with E-state index in [9.17, 15) is 13.2 Å². The Morgan fingerprint density at radius 3 is 2.45 bits per heavy atom. The lowest BCUT2D eigenvalue weighted by Crippen LogP contribution is -2.23. The molecule has 1 aliphatic heterocycles. The van der Waals surface area contributed by atoms with Gasteiger partial charge in [-0.2, -0.15) is 5.10 Å². The zero-order chi connectivity index (χ0) is 14.8. The zero-order valence-corrected chi connectivity index (χ0v) is 12.9. The fourth-order valence-corrected chi connectivity index (χ4v) is 4.33.